The summed E-state index contributed by atoms with van der Waals surface area (Å²) in [6, 6.07) is 1.76. The first-order valence-corrected chi connectivity index (χ1v) is 7.05. The van der Waals surface area contributed by atoms with Crippen LogP contribution in [0.1, 0.15) is 22.5 Å². The van der Waals surface area contributed by atoms with E-state index in [2.05, 4.69) is 21.2 Å². The molecular weight excluding hydrogens is 290 g/mol. The maximum absolute atomic E-state index is 11.7. The Morgan fingerprint density at radius 2 is 2.50 bits per heavy atom. The molecule has 1 saturated carbocycles. The first-order valence-electron chi connectivity index (χ1n) is 5.25. The molecule has 0 spiro atoms. The molecule has 5 heteroatoms. The van der Waals surface area contributed by atoms with Gasteiger partial charge in [-0.15, -0.1) is 11.3 Å². The number of rotatable bonds is 5. The molecule has 1 N–H and O–H groups in total. The molecule has 1 aliphatic carbocycles. The minimum absolute atomic E-state index is 0.0154. The predicted molar refractivity (Wildman–Crippen MR) is 68.6 cm³/mol. The van der Waals surface area contributed by atoms with Crippen molar-refractivity contribution in [1.82, 2.24) is 5.32 Å². The van der Waals surface area contributed by atoms with Crippen molar-refractivity contribution in [3.8, 4) is 5.75 Å². The molecular formula is C11H14BrNO2S. The van der Waals surface area contributed by atoms with Gasteiger partial charge >= 0.3 is 0 Å². The fourth-order valence-electron chi connectivity index (χ4n) is 1.45. The Morgan fingerprint density at radius 3 is 3.06 bits per heavy atom. The van der Waals surface area contributed by atoms with E-state index in [-0.39, 0.29) is 5.91 Å². The molecule has 1 heterocycles. The van der Waals surface area contributed by atoms with Crippen molar-refractivity contribution >= 4 is 33.2 Å². The van der Waals surface area contributed by atoms with Crippen molar-refractivity contribution in [2.75, 3.05) is 13.7 Å². The summed E-state index contributed by atoms with van der Waals surface area (Å²) in [5.41, 5.74) is 0. The van der Waals surface area contributed by atoms with Crippen molar-refractivity contribution in [3.05, 3.63) is 16.3 Å². The summed E-state index contributed by atoms with van der Waals surface area (Å²) in [6.45, 7) is 0.698. The largest absolute Gasteiger partial charge is 0.496 e. The molecule has 0 radical (unpaired) electrons. The van der Waals surface area contributed by atoms with Crippen LogP contribution in [0.4, 0.5) is 0 Å². The van der Waals surface area contributed by atoms with Gasteiger partial charge in [-0.25, -0.2) is 0 Å². The van der Waals surface area contributed by atoms with E-state index < -0.39 is 0 Å². The summed E-state index contributed by atoms with van der Waals surface area (Å²) < 4.78 is 5.04. The second-order valence-electron chi connectivity index (χ2n) is 3.91. The normalized spacial score (nSPS) is 16.9. The number of carbonyl (C=O) groups excluding carboxylic acids is 1. The molecule has 1 aliphatic rings. The lowest BCUT2D eigenvalue weighted by atomic mass is 10.3. The molecule has 0 aliphatic heterocycles. The highest BCUT2D eigenvalue weighted by Gasteiger charge is 2.29. The Balaban J connectivity index is 1.82. The van der Waals surface area contributed by atoms with Crippen molar-refractivity contribution < 1.29 is 9.53 Å². The van der Waals surface area contributed by atoms with Gasteiger partial charge in [0.15, 0.2) is 0 Å². The number of halogens is 1. The van der Waals surface area contributed by atoms with Gasteiger partial charge in [-0.2, -0.15) is 0 Å². The van der Waals surface area contributed by atoms with Gasteiger partial charge in [-0.1, -0.05) is 15.9 Å². The second-order valence-corrected chi connectivity index (χ2v) is 6.00. The van der Waals surface area contributed by atoms with Crippen LogP contribution in [0.2, 0.25) is 0 Å². The van der Waals surface area contributed by atoms with Crippen LogP contribution in [0, 0.1) is 5.92 Å². The fraction of sp³-hybridized carbons (Fsp3) is 0.545. The third kappa shape index (κ3) is 2.98. The highest BCUT2D eigenvalue weighted by molar-refractivity contribution is 9.09. The number of thiophene rings is 1. The summed E-state index contributed by atoms with van der Waals surface area (Å²) in [5, 5.41) is 4.76. The van der Waals surface area contributed by atoms with Gasteiger partial charge in [-0.3, -0.25) is 4.79 Å². The van der Waals surface area contributed by atoms with Crippen LogP contribution < -0.4 is 10.1 Å². The molecule has 16 heavy (non-hydrogen) atoms. The zero-order valence-corrected chi connectivity index (χ0v) is 11.4. The van der Waals surface area contributed by atoms with Crippen LogP contribution in [-0.4, -0.2) is 24.4 Å². The van der Waals surface area contributed by atoms with Crippen molar-refractivity contribution in [2.45, 2.75) is 17.7 Å². The third-order valence-corrected chi connectivity index (χ3v) is 4.60. The molecule has 1 unspecified atom stereocenters. The third-order valence-electron chi connectivity index (χ3n) is 2.63. The summed E-state index contributed by atoms with van der Waals surface area (Å²) in [6.07, 6.45) is 2.55. The van der Waals surface area contributed by atoms with E-state index in [0.29, 0.717) is 16.2 Å². The highest BCUT2D eigenvalue weighted by Crippen LogP contribution is 2.36. The molecule has 2 rings (SSSR count). The smallest absolute Gasteiger partial charge is 0.261 e. The topological polar surface area (TPSA) is 38.3 Å². The Morgan fingerprint density at radius 1 is 1.75 bits per heavy atom. The molecule has 88 valence electrons. The van der Waals surface area contributed by atoms with Gasteiger partial charge in [0.25, 0.3) is 5.91 Å². The van der Waals surface area contributed by atoms with Crippen molar-refractivity contribution in [2.24, 2.45) is 5.92 Å². The number of alkyl halides is 1. The summed E-state index contributed by atoms with van der Waals surface area (Å²) >= 11 is 4.99. The lowest BCUT2D eigenvalue weighted by molar-refractivity contribution is 0.0957. The molecule has 1 amide bonds. The van der Waals surface area contributed by atoms with Gasteiger partial charge in [0.1, 0.15) is 5.75 Å². The van der Waals surface area contributed by atoms with Gasteiger partial charge in [-0.05, 0) is 18.8 Å². The molecule has 1 aromatic rings. The summed E-state index contributed by atoms with van der Waals surface area (Å²) in [4.78, 5) is 12.9. The van der Waals surface area contributed by atoms with Gasteiger partial charge in [0.05, 0.1) is 12.0 Å². The van der Waals surface area contributed by atoms with Crippen molar-refractivity contribution in [1.29, 1.82) is 0 Å². The summed E-state index contributed by atoms with van der Waals surface area (Å²) in [7, 11) is 1.60. The average Bonchev–Trinajstić information content (AvgIpc) is 3.03. The Kier molecular flexibility index (Phi) is 3.86. The van der Waals surface area contributed by atoms with Crippen LogP contribution >= 0.6 is 27.3 Å². The van der Waals surface area contributed by atoms with E-state index >= 15 is 0 Å². The van der Waals surface area contributed by atoms with Gasteiger partial charge in [0.2, 0.25) is 0 Å². The number of amides is 1. The molecule has 3 nitrogen and oxygen atoms in total. The molecule has 1 fully saturated rings. The van der Waals surface area contributed by atoms with Crippen LogP contribution in [-0.2, 0) is 0 Å². The maximum atomic E-state index is 11.7. The molecule has 1 aromatic heterocycles. The average molecular weight is 304 g/mol. The first-order chi connectivity index (χ1) is 7.70. The highest BCUT2D eigenvalue weighted by atomic mass is 79.9. The molecule has 1 atom stereocenters. The van der Waals surface area contributed by atoms with E-state index in [1.165, 1.54) is 24.2 Å². The zero-order valence-electron chi connectivity index (χ0n) is 9.03. The van der Waals surface area contributed by atoms with E-state index in [0.717, 1.165) is 11.7 Å². The molecule has 0 bridgehead atoms. The Hall–Kier alpha value is -0.550. The zero-order chi connectivity index (χ0) is 11.5. The van der Waals surface area contributed by atoms with E-state index in [4.69, 9.17) is 4.74 Å². The maximum Gasteiger partial charge on any atom is 0.261 e. The molecule has 0 saturated heterocycles. The number of hydrogen-bond donors (Lipinski definition) is 1. The van der Waals surface area contributed by atoms with Crippen LogP contribution in [0.3, 0.4) is 0 Å². The van der Waals surface area contributed by atoms with Gasteiger partial charge in [0, 0.05) is 22.8 Å². The standard InChI is InChI=1S/C11H14BrNO2S/c1-15-8-4-10(16-6-8)11(14)13-5-9(12)7-2-3-7/h4,6-7,9H,2-3,5H2,1H3,(H,13,14). The minimum Gasteiger partial charge on any atom is -0.496 e. The number of ether oxygens (including phenoxy) is 1. The van der Waals surface area contributed by atoms with E-state index in [1.54, 1.807) is 13.2 Å². The SMILES string of the molecule is COc1csc(C(=O)NCC(Br)C2CC2)c1. The summed E-state index contributed by atoms with van der Waals surface area (Å²) in [5.74, 6) is 1.48. The van der Waals surface area contributed by atoms with Crippen LogP contribution in [0.5, 0.6) is 5.75 Å². The minimum atomic E-state index is -0.0154. The van der Waals surface area contributed by atoms with Crippen LogP contribution in [0.15, 0.2) is 11.4 Å². The predicted octanol–water partition coefficient (Wildman–Crippen LogP) is 2.66. The van der Waals surface area contributed by atoms with E-state index in [1.807, 2.05) is 5.38 Å². The monoisotopic (exact) mass is 303 g/mol. The van der Waals surface area contributed by atoms with Gasteiger partial charge < -0.3 is 10.1 Å². The number of hydrogen-bond acceptors (Lipinski definition) is 3. The number of carbonyl (C=O) groups is 1. The lowest BCUT2D eigenvalue weighted by Crippen LogP contribution is -2.29. The Labute approximate surface area is 107 Å². The van der Waals surface area contributed by atoms with Crippen LogP contribution in [0.25, 0.3) is 0 Å². The number of nitrogens with one attached hydrogen (secondary N) is 1. The quantitative estimate of drug-likeness (QED) is 0.849. The Bertz CT molecular complexity index is 376. The number of methoxy groups -OCH3 is 1. The molecule has 0 aromatic carbocycles. The van der Waals surface area contributed by atoms with Crippen molar-refractivity contribution in [3.63, 3.8) is 0 Å². The lowest BCUT2D eigenvalue weighted by Gasteiger charge is -2.08. The first kappa shape index (κ1) is 11.9. The second kappa shape index (κ2) is 5.19. The van der Waals surface area contributed by atoms with E-state index in [9.17, 15) is 4.79 Å². The fourth-order valence-corrected chi connectivity index (χ4v) is 2.91.